The third kappa shape index (κ3) is 3.78. The summed E-state index contributed by atoms with van der Waals surface area (Å²) in [5, 5.41) is 7.36. The molecule has 3 rings (SSSR count). The van der Waals surface area contributed by atoms with E-state index < -0.39 is 0 Å². The largest absolute Gasteiger partial charge is 0.376 e. The van der Waals surface area contributed by atoms with Crippen LogP contribution in [0.15, 0.2) is 38.7 Å². The molecule has 1 fully saturated rings. The molecule has 0 bridgehead atoms. The average molecular weight is 370 g/mol. The SMILES string of the molecule is O=c1[nH]nc(SCc2ccc(Br)cc2)n1C[C@@H]1CCCO1. The van der Waals surface area contributed by atoms with Crippen LogP contribution in [0.5, 0.6) is 0 Å². The van der Waals surface area contributed by atoms with Gasteiger partial charge in [0.1, 0.15) is 0 Å². The van der Waals surface area contributed by atoms with Gasteiger partial charge < -0.3 is 4.74 Å². The molecule has 1 aliphatic rings. The second kappa shape index (κ2) is 6.81. The number of aromatic nitrogens is 3. The van der Waals surface area contributed by atoms with Gasteiger partial charge in [-0.1, -0.05) is 39.8 Å². The first-order chi connectivity index (χ1) is 10.2. The van der Waals surface area contributed by atoms with E-state index in [1.807, 2.05) is 12.1 Å². The molecule has 2 heterocycles. The summed E-state index contributed by atoms with van der Waals surface area (Å²) in [5.41, 5.74) is 1.03. The summed E-state index contributed by atoms with van der Waals surface area (Å²) >= 11 is 4.98. The van der Waals surface area contributed by atoms with Gasteiger partial charge in [0.2, 0.25) is 0 Å². The van der Waals surface area contributed by atoms with E-state index in [0.717, 1.165) is 34.8 Å². The summed E-state index contributed by atoms with van der Waals surface area (Å²) in [6, 6.07) is 8.15. The number of aromatic amines is 1. The number of H-pyrrole nitrogens is 1. The molecule has 0 aliphatic carbocycles. The van der Waals surface area contributed by atoms with Crippen molar-refractivity contribution in [2.75, 3.05) is 6.61 Å². The van der Waals surface area contributed by atoms with Gasteiger partial charge in [0.05, 0.1) is 12.6 Å². The molecule has 112 valence electrons. The second-order valence-electron chi connectivity index (χ2n) is 4.97. The van der Waals surface area contributed by atoms with Crippen LogP contribution in [0.3, 0.4) is 0 Å². The fourth-order valence-corrected chi connectivity index (χ4v) is 3.47. The Kier molecular flexibility index (Phi) is 4.82. The van der Waals surface area contributed by atoms with Gasteiger partial charge in [0.25, 0.3) is 0 Å². The number of benzene rings is 1. The maximum atomic E-state index is 11.9. The third-order valence-corrected chi connectivity index (χ3v) is 4.99. The lowest BCUT2D eigenvalue weighted by molar-refractivity contribution is 0.0941. The molecule has 1 atom stereocenters. The van der Waals surface area contributed by atoms with Crippen LogP contribution >= 0.6 is 27.7 Å². The third-order valence-electron chi connectivity index (χ3n) is 3.41. The zero-order valence-electron chi connectivity index (χ0n) is 11.4. The molecule has 5 nitrogen and oxygen atoms in total. The molecule has 21 heavy (non-hydrogen) atoms. The average Bonchev–Trinajstić information content (AvgIpc) is 3.11. The van der Waals surface area contributed by atoms with Crippen molar-refractivity contribution in [3.05, 3.63) is 44.8 Å². The molecule has 7 heteroatoms. The molecule has 0 unspecified atom stereocenters. The maximum Gasteiger partial charge on any atom is 0.344 e. The minimum atomic E-state index is -0.163. The predicted molar refractivity (Wildman–Crippen MR) is 85.5 cm³/mol. The molecule has 0 saturated carbocycles. The maximum absolute atomic E-state index is 11.9. The van der Waals surface area contributed by atoms with Crippen molar-refractivity contribution in [3.63, 3.8) is 0 Å². The zero-order chi connectivity index (χ0) is 14.7. The van der Waals surface area contributed by atoms with E-state index in [-0.39, 0.29) is 11.8 Å². The summed E-state index contributed by atoms with van der Waals surface area (Å²) < 4.78 is 8.34. The smallest absolute Gasteiger partial charge is 0.344 e. The summed E-state index contributed by atoms with van der Waals surface area (Å²) in [6.45, 7) is 1.37. The van der Waals surface area contributed by atoms with Crippen molar-refractivity contribution < 1.29 is 4.74 Å². The molecule has 0 amide bonds. The highest BCUT2D eigenvalue weighted by atomic mass is 79.9. The lowest BCUT2D eigenvalue weighted by Gasteiger charge is -2.11. The first-order valence-corrected chi connectivity index (χ1v) is 8.64. The predicted octanol–water partition coefficient (Wildman–Crippen LogP) is 2.81. The Morgan fingerprint density at radius 3 is 2.95 bits per heavy atom. The molecular formula is C14H16BrN3O2S. The van der Waals surface area contributed by atoms with Gasteiger partial charge in [-0.3, -0.25) is 4.57 Å². The number of thioether (sulfide) groups is 1. The van der Waals surface area contributed by atoms with Gasteiger partial charge in [0, 0.05) is 16.8 Å². The highest BCUT2D eigenvalue weighted by molar-refractivity contribution is 9.10. The van der Waals surface area contributed by atoms with Crippen molar-refractivity contribution in [1.29, 1.82) is 0 Å². The Balaban J connectivity index is 1.67. The number of nitrogens with zero attached hydrogens (tertiary/aromatic N) is 2. The van der Waals surface area contributed by atoms with Crippen LogP contribution in [0.1, 0.15) is 18.4 Å². The lowest BCUT2D eigenvalue weighted by Crippen LogP contribution is -2.24. The molecule has 1 aliphatic heterocycles. The van der Waals surface area contributed by atoms with Gasteiger partial charge in [-0.15, -0.1) is 5.10 Å². The Morgan fingerprint density at radius 1 is 1.43 bits per heavy atom. The quantitative estimate of drug-likeness (QED) is 0.823. The normalized spacial score (nSPS) is 18.2. The molecular weight excluding hydrogens is 354 g/mol. The highest BCUT2D eigenvalue weighted by Gasteiger charge is 2.19. The van der Waals surface area contributed by atoms with E-state index in [4.69, 9.17) is 4.74 Å². The molecule has 1 N–H and O–H groups in total. The lowest BCUT2D eigenvalue weighted by atomic mass is 10.2. The summed E-state index contributed by atoms with van der Waals surface area (Å²) in [4.78, 5) is 11.9. The number of hydrogen-bond donors (Lipinski definition) is 1. The summed E-state index contributed by atoms with van der Waals surface area (Å²) in [6.07, 6.45) is 2.21. The van der Waals surface area contributed by atoms with Crippen LogP contribution in [-0.4, -0.2) is 27.5 Å². The molecule has 1 aromatic heterocycles. The second-order valence-corrected chi connectivity index (χ2v) is 6.83. The van der Waals surface area contributed by atoms with Crippen LogP contribution in [0.4, 0.5) is 0 Å². The van der Waals surface area contributed by atoms with E-state index in [9.17, 15) is 4.79 Å². The first-order valence-electron chi connectivity index (χ1n) is 6.86. The monoisotopic (exact) mass is 369 g/mol. The van der Waals surface area contributed by atoms with Crippen LogP contribution in [-0.2, 0) is 17.0 Å². The van der Waals surface area contributed by atoms with Gasteiger partial charge >= 0.3 is 5.69 Å². The van der Waals surface area contributed by atoms with Crippen molar-refractivity contribution in [3.8, 4) is 0 Å². The topological polar surface area (TPSA) is 59.9 Å². The van der Waals surface area contributed by atoms with Gasteiger partial charge in [-0.05, 0) is 30.5 Å². The van der Waals surface area contributed by atoms with Gasteiger partial charge in [-0.2, -0.15) is 0 Å². The number of hydrogen-bond acceptors (Lipinski definition) is 4. The van der Waals surface area contributed by atoms with Crippen LogP contribution in [0.2, 0.25) is 0 Å². The van der Waals surface area contributed by atoms with Gasteiger partial charge in [-0.25, -0.2) is 9.89 Å². The van der Waals surface area contributed by atoms with E-state index in [2.05, 4.69) is 38.3 Å². The van der Waals surface area contributed by atoms with Gasteiger partial charge in [0.15, 0.2) is 5.16 Å². The molecule has 1 saturated heterocycles. The number of nitrogens with one attached hydrogen (secondary N) is 1. The molecule has 2 aromatic rings. The van der Waals surface area contributed by atoms with Crippen molar-refractivity contribution in [2.24, 2.45) is 0 Å². The minimum Gasteiger partial charge on any atom is -0.376 e. The van der Waals surface area contributed by atoms with Crippen LogP contribution < -0.4 is 5.69 Å². The number of rotatable bonds is 5. The standard InChI is InChI=1S/C14H16BrN3O2S/c15-11-5-3-10(4-6-11)9-21-14-17-16-13(19)18(14)8-12-2-1-7-20-12/h3-6,12H,1-2,7-9H2,(H,16,19)/t12-/m0/s1. The summed E-state index contributed by atoms with van der Waals surface area (Å²) in [5.74, 6) is 0.781. The highest BCUT2D eigenvalue weighted by Crippen LogP contribution is 2.22. The van der Waals surface area contributed by atoms with E-state index in [0.29, 0.717) is 6.54 Å². The first kappa shape index (κ1) is 14.9. The van der Waals surface area contributed by atoms with E-state index >= 15 is 0 Å². The Morgan fingerprint density at radius 2 is 2.24 bits per heavy atom. The van der Waals surface area contributed by atoms with Crippen molar-refractivity contribution >= 4 is 27.7 Å². The van der Waals surface area contributed by atoms with E-state index in [1.165, 1.54) is 5.56 Å². The Bertz CT molecular complexity index is 647. The van der Waals surface area contributed by atoms with E-state index in [1.54, 1.807) is 16.3 Å². The Hall–Kier alpha value is -1.05. The molecule has 0 spiro atoms. The van der Waals surface area contributed by atoms with Crippen LogP contribution in [0, 0.1) is 0 Å². The van der Waals surface area contributed by atoms with Crippen LogP contribution in [0.25, 0.3) is 0 Å². The fourth-order valence-electron chi connectivity index (χ4n) is 2.29. The van der Waals surface area contributed by atoms with Crippen molar-refractivity contribution in [2.45, 2.75) is 36.4 Å². The zero-order valence-corrected chi connectivity index (χ0v) is 13.8. The number of ether oxygens (including phenoxy) is 1. The fraction of sp³-hybridized carbons (Fsp3) is 0.429. The Labute approximate surface area is 135 Å². The molecule has 0 radical (unpaired) electrons. The van der Waals surface area contributed by atoms with Crippen molar-refractivity contribution in [1.82, 2.24) is 14.8 Å². The molecule has 1 aromatic carbocycles. The summed E-state index contributed by atoms with van der Waals surface area (Å²) in [7, 11) is 0. The number of halogens is 1. The minimum absolute atomic E-state index is 0.132.